The summed E-state index contributed by atoms with van der Waals surface area (Å²) in [5.41, 5.74) is 2.75. The van der Waals surface area contributed by atoms with Gasteiger partial charge in [0.2, 0.25) is 5.88 Å². The Morgan fingerprint density at radius 1 is 1.08 bits per heavy atom. The number of unbranched alkanes of at least 4 members (excludes halogenated alkanes) is 3. The monoisotopic (exact) mass is 568 g/mol. The highest BCUT2D eigenvalue weighted by Gasteiger charge is 2.41. The maximum absolute atomic E-state index is 10.6. The molecule has 0 spiro atoms. The molecule has 2 aromatic heterocycles. The Hall–Kier alpha value is -3.36. The molecule has 0 unspecified atom stereocenters. The molecule has 0 aliphatic heterocycles. The van der Waals surface area contributed by atoms with E-state index in [4.69, 9.17) is 42.8 Å². The Bertz CT molecular complexity index is 1490. The second-order valence-corrected chi connectivity index (χ2v) is 10.9. The minimum atomic E-state index is -0.755. The van der Waals surface area contributed by atoms with Crippen molar-refractivity contribution in [3.8, 4) is 23.0 Å². The molecule has 0 amide bonds. The van der Waals surface area contributed by atoms with E-state index in [0.29, 0.717) is 58.2 Å². The Labute approximate surface area is 236 Å². The van der Waals surface area contributed by atoms with Gasteiger partial charge in [-0.25, -0.2) is 9.97 Å². The zero-order valence-electron chi connectivity index (χ0n) is 21.7. The lowest BCUT2D eigenvalue weighted by molar-refractivity contribution is -0.137. The van der Waals surface area contributed by atoms with Crippen molar-refractivity contribution in [3.05, 3.63) is 64.4 Å². The number of hydrogen-bond acceptors (Lipinski definition) is 6. The van der Waals surface area contributed by atoms with Gasteiger partial charge < -0.3 is 19.1 Å². The molecule has 1 saturated carbocycles. The molecule has 204 valence electrons. The largest absolute Gasteiger partial charge is 0.494 e. The van der Waals surface area contributed by atoms with Crippen molar-refractivity contribution in [2.75, 3.05) is 6.61 Å². The lowest BCUT2D eigenvalue weighted by atomic mass is 10.1. The molecule has 8 nitrogen and oxygen atoms in total. The standard InChI is InChI=1S/C29H30Cl2N4O4/c1-29(12-13-29)39-28-25-27(32-18-33-28)35(17-19-7-6-8-20(30)15-19)26(34-25)22-11-10-21(16-23(22)31)38-14-5-3-2-4-9-24(36)37/h6-8,10-11,15-16,18H,2-5,9,12-14,17H2,1H3,(H,36,37). The lowest BCUT2D eigenvalue weighted by Gasteiger charge is -2.12. The van der Waals surface area contributed by atoms with Crippen LogP contribution in [0.5, 0.6) is 11.6 Å². The molecule has 1 aliphatic rings. The third-order valence-electron chi connectivity index (χ3n) is 6.76. The lowest BCUT2D eigenvalue weighted by Crippen LogP contribution is -2.13. The topological polar surface area (TPSA) is 99.4 Å². The summed E-state index contributed by atoms with van der Waals surface area (Å²) in [6, 6.07) is 13.2. The van der Waals surface area contributed by atoms with E-state index in [1.165, 1.54) is 6.33 Å². The summed E-state index contributed by atoms with van der Waals surface area (Å²) >= 11 is 13.0. The van der Waals surface area contributed by atoms with Gasteiger partial charge in [-0.1, -0.05) is 48.2 Å². The Morgan fingerprint density at radius 2 is 1.90 bits per heavy atom. The van der Waals surface area contributed by atoms with E-state index in [1.807, 2.05) is 41.0 Å². The van der Waals surface area contributed by atoms with Gasteiger partial charge in [-0.2, -0.15) is 4.98 Å². The zero-order valence-corrected chi connectivity index (χ0v) is 23.2. The van der Waals surface area contributed by atoms with E-state index in [1.54, 1.807) is 6.07 Å². The van der Waals surface area contributed by atoms with Crippen LogP contribution in [0.1, 0.15) is 57.4 Å². The molecule has 0 radical (unpaired) electrons. The number of benzene rings is 2. The second-order valence-electron chi connectivity index (χ2n) is 10.1. The fourth-order valence-electron chi connectivity index (χ4n) is 4.36. The summed E-state index contributed by atoms with van der Waals surface area (Å²) in [6.07, 6.45) is 6.97. The molecule has 5 rings (SSSR count). The fourth-order valence-corrected chi connectivity index (χ4v) is 4.83. The summed E-state index contributed by atoms with van der Waals surface area (Å²) in [6.45, 7) is 3.08. The van der Waals surface area contributed by atoms with E-state index in [2.05, 4.69) is 16.9 Å². The zero-order chi connectivity index (χ0) is 27.4. The highest BCUT2D eigenvalue weighted by Crippen LogP contribution is 2.41. The quantitative estimate of drug-likeness (QED) is 0.170. The van der Waals surface area contributed by atoms with Gasteiger partial charge in [0.15, 0.2) is 11.2 Å². The van der Waals surface area contributed by atoms with Crippen molar-refractivity contribution in [2.45, 2.75) is 64.0 Å². The van der Waals surface area contributed by atoms with E-state index < -0.39 is 5.97 Å². The van der Waals surface area contributed by atoms with Gasteiger partial charge in [0, 0.05) is 17.0 Å². The van der Waals surface area contributed by atoms with Crippen LogP contribution < -0.4 is 9.47 Å². The number of fused-ring (bicyclic) bond motifs is 1. The molecular formula is C29H30Cl2N4O4. The molecule has 1 fully saturated rings. The van der Waals surface area contributed by atoms with Crippen molar-refractivity contribution in [1.29, 1.82) is 0 Å². The number of aliphatic carboxylic acids is 1. The maximum atomic E-state index is 10.6. The van der Waals surface area contributed by atoms with Gasteiger partial charge in [-0.05, 0) is 68.5 Å². The van der Waals surface area contributed by atoms with Crippen LogP contribution in [0.25, 0.3) is 22.6 Å². The van der Waals surface area contributed by atoms with Crippen LogP contribution in [0.2, 0.25) is 10.0 Å². The van der Waals surface area contributed by atoms with Crippen molar-refractivity contribution in [2.24, 2.45) is 0 Å². The van der Waals surface area contributed by atoms with Crippen LogP contribution >= 0.6 is 23.2 Å². The van der Waals surface area contributed by atoms with Crippen LogP contribution in [0.4, 0.5) is 0 Å². The van der Waals surface area contributed by atoms with E-state index in [0.717, 1.165) is 43.2 Å². The number of aromatic nitrogens is 4. The minimum absolute atomic E-state index is 0.207. The number of halogens is 2. The molecule has 1 aliphatic carbocycles. The first-order chi connectivity index (χ1) is 18.8. The molecule has 0 saturated heterocycles. The van der Waals surface area contributed by atoms with Crippen LogP contribution in [0.3, 0.4) is 0 Å². The number of rotatable bonds is 13. The Kier molecular flexibility index (Phi) is 8.23. The van der Waals surface area contributed by atoms with Crippen molar-refractivity contribution >= 4 is 40.3 Å². The van der Waals surface area contributed by atoms with Crippen LogP contribution in [0.15, 0.2) is 48.8 Å². The molecule has 2 heterocycles. The number of nitrogens with zero attached hydrogens (tertiary/aromatic N) is 4. The van der Waals surface area contributed by atoms with Gasteiger partial charge in [-0.3, -0.25) is 4.79 Å². The molecule has 0 bridgehead atoms. The molecule has 4 aromatic rings. The molecule has 10 heteroatoms. The summed E-state index contributed by atoms with van der Waals surface area (Å²) in [5, 5.41) is 9.89. The van der Waals surface area contributed by atoms with Gasteiger partial charge in [-0.15, -0.1) is 0 Å². The SMILES string of the molecule is CC1(Oc2ncnc3c2nc(-c2ccc(OCCCCCCC(=O)O)cc2Cl)n3Cc2cccc(Cl)c2)CC1. The van der Waals surface area contributed by atoms with E-state index in [9.17, 15) is 4.79 Å². The van der Waals surface area contributed by atoms with E-state index >= 15 is 0 Å². The van der Waals surface area contributed by atoms with Crippen molar-refractivity contribution < 1.29 is 19.4 Å². The van der Waals surface area contributed by atoms with Crippen molar-refractivity contribution in [3.63, 3.8) is 0 Å². The smallest absolute Gasteiger partial charge is 0.303 e. The first-order valence-electron chi connectivity index (χ1n) is 13.1. The summed E-state index contributed by atoms with van der Waals surface area (Å²) < 4.78 is 14.1. The maximum Gasteiger partial charge on any atom is 0.303 e. The predicted octanol–water partition coefficient (Wildman–Crippen LogP) is 7.19. The highest BCUT2D eigenvalue weighted by atomic mass is 35.5. The van der Waals surface area contributed by atoms with Gasteiger partial charge >= 0.3 is 5.97 Å². The van der Waals surface area contributed by atoms with Crippen LogP contribution in [-0.4, -0.2) is 42.8 Å². The number of carboxylic acids is 1. The summed E-state index contributed by atoms with van der Waals surface area (Å²) in [7, 11) is 0. The van der Waals surface area contributed by atoms with E-state index in [-0.39, 0.29) is 12.0 Å². The average Bonchev–Trinajstić information content (AvgIpc) is 3.51. The molecular weight excluding hydrogens is 539 g/mol. The number of ether oxygens (including phenoxy) is 2. The predicted molar refractivity (Wildman–Crippen MR) is 151 cm³/mol. The minimum Gasteiger partial charge on any atom is -0.494 e. The van der Waals surface area contributed by atoms with Gasteiger partial charge in [0.1, 0.15) is 23.5 Å². The second kappa shape index (κ2) is 11.8. The molecule has 2 aromatic carbocycles. The van der Waals surface area contributed by atoms with Crippen molar-refractivity contribution in [1.82, 2.24) is 19.5 Å². The number of carbonyl (C=O) groups is 1. The molecule has 1 N–H and O–H groups in total. The molecule has 0 atom stereocenters. The number of carboxylic acid groups (broad SMARTS) is 1. The Morgan fingerprint density at radius 3 is 2.64 bits per heavy atom. The highest BCUT2D eigenvalue weighted by molar-refractivity contribution is 6.33. The first-order valence-corrected chi connectivity index (χ1v) is 13.9. The third-order valence-corrected chi connectivity index (χ3v) is 7.31. The molecule has 39 heavy (non-hydrogen) atoms. The summed E-state index contributed by atoms with van der Waals surface area (Å²) in [4.78, 5) is 24.5. The summed E-state index contributed by atoms with van der Waals surface area (Å²) in [5.74, 6) is 1.02. The van der Waals surface area contributed by atoms with Gasteiger partial charge in [0.25, 0.3) is 0 Å². The number of imidazole rings is 1. The Balaban J connectivity index is 1.40. The normalized spacial score (nSPS) is 13.9. The average molecular weight is 569 g/mol. The fraction of sp³-hybridized carbons (Fsp3) is 0.379. The van der Waals surface area contributed by atoms with Crippen LogP contribution in [0, 0.1) is 0 Å². The number of hydrogen-bond donors (Lipinski definition) is 1. The first kappa shape index (κ1) is 27.2. The van der Waals surface area contributed by atoms with Crippen LogP contribution in [-0.2, 0) is 11.3 Å². The van der Waals surface area contributed by atoms with Gasteiger partial charge in [0.05, 0.1) is 18.2 Å². The third kappa shape index (κ3) is 6.81.